The zero-order valence-electron chi connectivity index (χ0n) is 15.3. The number of hydrogen-bond acceptors (Lipinski definition) is 6. The van der Waals surface area contributed by atoms with Gasteiger partial charge in [-0.25, -0.2) is 14.8 Å². The van der Waals surface area contributed by atoms with E-state index < -0.39 is 6.17 Å². The number of hydrogen-bond donors (Lipinski definition) is 4. The second-order valence-corrected chi connectivity index (χ2v) is 7.50. The van der Waals surface area contributed by atoms with Crippen LogP contribution >= 0.6 is 23.2 Å². The molecule has 150 valence electrons. The number of nitrogens with one attached hydrogen (secondary N) is 2. The molecule has 0 unspecified atom stereocenters. The standard InChI is InChI=1S/C18H22Cl2N6O2/c1-10(9-27)23-17-22-7-11-4-5-26(8-15(11)24-17)18(28)25-16(21)13-3-2-12(19)6-14(13)20/h2-3,6-7,10,16,27H,4-5,8-9,21H2,1H3,(H,25,28)(H,22,23,24)/t10-,16-/m0/s1. The molecule has 1 aliphatic heterocycles. The SMILES string of the molecule is C[C@@H](CO)Nc1ncc2c(n1)CN(C(=O)N[C@H](N)c1ccc(Cl)cc1Cl)CC2. The van der Waals surface area contributed by atoms with E-state index >= 15 is 0 Å². The molecule has 8 nitrogen and oxygen atoms in total. The van der Waals surface area contributed by atoms with Crippen LogP contribution in [0.15, 0.2) is 24.4 Å². The summed E-state index contributed by atoms with van der Waals surface area (Å²) < 4.78 is 0. The molecule has 28 heavy (non-hydrogen) atoms. The number of aromatic nitrogens is 2. The number of urea groups is 1. The number of halogens is 2. The summed E-state index contributed by atoms with van der Waals surface area (Å²) in [5, 5.41) is 15.8. The molecule has 1 aromatic carbocycles. The Bertz CT molecular complexity index is 866. The van der Waals surface area contributed by atoms with Crippen molar-refractivity contribution in [3.63, 3.8) is 0 Å². The molecular formula is C18H22Cl2N6O2. The number of anilines is 1. The van der Waals surface area contributed by atoms with E-state index in [4.69, 9.17) is 34.0 Å². The minimum Gasteiger partial charge on any atom is -0.394 e. The summed E-state index contributed by atoms with van der Waals surface area (Å²) in [6.07, 6.45) is 1.64. The van der Waals surface area contributed by atoms with Crippen molar-refractivity contribution in [2.45, 2.75) is 32.1 Å². The normalized spacial score (nSPS) is 15.5. The molecule has 0 aliphatic carbocycles. The van der Waals surface area contributed by atoms with Gasteiger partial charge in [-0.2, -0.15) is 0 Å². The molecule has 0 bridgehead atoms. The number of carbonyl (C=O) groups excluding carboxylic acids is 1. The van der Waals surface area contributed by atoms with E-state index in [-0.39, 0.29) is 18.7 Å². The fourth-order valence-corrected chi connectivity index (χ4v) is 3.39. The predicted molar refractivity (Wildman–Crippen MR) is 108 cm³/mol. The van der Waals surface area contributed by atoms with Crippen LogP contribution in [-0.2, 0) is 13.0 Å². The summed E-state index contributed by atoms with van der Waals surface area (Å²) in [5.41, 5.74) is 8.45. The first kappa shape index (κ1) is 20.6. The van der Waals surface area contributed by atoms with Crippen molar-refractivity contribution >= 4 is 35.2 Å². The Balaban J connectivity index is 1.67. The van der Waals surface area contributed by atoms with Crippen molar-refractivity contribution < 1.29 is 9.90 Å². The highest BCUT2D eigenvalue weighted by Crippen LogP contribution is 2.25. The molecule has 1 aromatic heterocycles. The zero-order valence-corrected chi connectivity index (χ0v) is 16.8. The van der Waals surface area contributed by atoms with E-state index in [1.807, 2.05) is 6.92 Å². The van der Waals surface area contributed by atoms with Crippen LogP contribution in [0.2, 0.25) is 10.0 Å². The highest BCUT2D eigenvalue weighted by Gasteiger charge is 2.24. The van der Waals surface area contributed by atoms with Gasteiger partial charge in [0.05, 0.1) is 18.8 Å². The van der Waals surface area contributed by atoms with E-state index in [9.17, 15) is 4.79 Å². The van der Waals surface area contributed by atoms with E-state index in [1.54, 1.807) is 29.3 Å². The lowest BCUT2D eigenvalue weighted by atomic mass is 10.1. The largest absolute Gasteiger partial charge is 0.394 e. The summed E-state index contributed by atoms with van der Waals surface area (Å²) in [6.45, 7) is 2.67. The third-order valence-corrected chi connectivity index (χ3v) is 5.02. The Morgan fingerprint density at radius 3 is 2.93 bits per heavy atom. The molecule has 2 aromatic rings. The topological polar surface area (TPSA) is 116 Å². The van der Waals surface area contributed by atoms with Crippen LogP contribution in [0.25, 0.3) is 0 Å². The molecule has 10 heteroatoms. The number of amides is 2. The number of nitrogens with zero attached hydrogens (tertiary/aromatic N) is 3. The van der Waals surface area contributed by atoms with Gasteiger partial charge in [0, 0.05) is 34.4 Å². The zero-order chi connectivity index (χ0) is 20.3. The maximum atomic E-state index is 12.7. The lowest BCUT2D eigenvalue weighted by Crippen LogP contribution is -2.46. The van der Waals surface area contributed by atoms with Gasteiger partial charge in [-0.15, -0.1) is 0 Å². The summed E-state index contributed by atoms with van der Waals surface area (Å²) in [7, 11) is 0. The number of benzene rings is 1. The number of fused-ring (bicyclic) bond motifs is 1. The van der Waals surface area contributed by atoms with Crippen molar-refractivity contribution in [3.8, 4) is 0 Å². The van der Waals surface area contributed by atoms with Crippen molar-refractivity contribution in [2.75, 3.05) is 18.5 Å². The monoisotopic (exact) mass is 424 g/mol. The number of aliphatic hydroxyl groups excluding tert-OH is 1. The van der Waals surface area contributed by atoms with Crippen molar-refractivity contribution in [1.29, 1.82) is 0 Å². The van der Waals surface area contributed by atoms with Gasteiger partial charge in [-0.05, 0) is 31.0 Å². The Hall–Kier alpha value is -2.13. The van der Waals surface area contributed by atoms with Crippen LogP contribution in [-0.4, -0.2) is 45.2 Å². The van der Waals surface area contributed by atoms with Gasteiger partial charge >= 0.3 is 6.03 Å². The second kappa shape index (κ2) is 8.91. The number of aliphatic hydroxyl groups is 1. The lowest BCUT2D eigenvalue weighted by molar-refractivity contribution is 0.187. The van der Waals surface area contributed by atoms with Gasteiger partial charge < -0.3 is 26.4 Å². The molecule has 1 aliphatic rings. The molecule has 5 N–H and O–H groups in total. The van der Waals surface area contributed by atoms with Crippen molar-refractivity contribution in [3.05, 3.63) is 51.3 Å². The number of rotatable bonds is 5. The molecule has 0 radical (unpaired) electrons. The average Bonchev–Trinajstić information content (AvgIpc) is 2.67. The number of nitrogens with two attached hydrogens (primary N) is 1. The summed E-state index contributed by atoms with van der Waals surface area (Å²) in [6, 6.07) is 4.48. The molecule has 2 atom stereocenters. The summed E-state index contributed by atoms with van der Waals surface area (Å²) in [5.74, 6) is 0.423. The van der Waals surface area contributed by atoms with Crippen LogP contribution < -0.4 is 16.4 Å². The van der Waals surface area contributed by atoms with Crippen LogP contribution in [0, 0.1) is 0 Å². The Labute approximate surface area is 173 Å². The van der Waals surface area contributed by atoms with Gasteiger partial charge in [0.25, 0.3) is 0 Å². The van der Waals surface area contributed by atoms with Gasteiger partial charge in [-0.1, -0.05) is 29.3 Å². The highest BCUT2D eigenvalue weighted by molar-refractivity contribution is 6.35. The van der Waals surface area contributed by atoms with Crippen LogP contribution in [0.1, 0.15) is 29.9 Å². The average molecular weight is 425 g/mol. The Kier molecular flexibility index (Phi) is 6.56. The second-order valence-electron chi connectivity index (χ2n) is 6.66. The van der Waals surface area contributed by atoms with E-state index in [1.165, 1.54) is 0 Å². The maximum Gasteiger partial charge on any atom is 0.319 e. The fraction of sp³-hybridized carbons (Fsp3) is 0.389. The molecule has 2 heterocycles. The van der Waals surface area contributed by atoms with Gasteiger partial charge in [0.1, 0.15) is 6.17 Å². The smallest absolute Gasteiger partial charge is 0.319 e. The van der Waals surface area contributed by atoms with Crippen LogP contribution in [0.3, 0.4) is 0 Å². The minimum atomic E-state index is -0.758. The Morgan fingerprint density at radius 1 is 1.43 bits per heavy atom. The molecule has 3 rings (SSSR count). The van der Waals surface area contributed by atoms with Crippen molar-refractivity contribution in [1.82, 2.24) is 20.2 Å². The fourth-order valence-electron chi connectivity index (χ4n) is 2.87. The van der Waals surface area contributed by atoms with Gasteiger partial charge in [0.2, 0.25) is 5.95 Å². The van der Waals surface area contributed by atoms with E-state index in [0.29, 0.717) is 41.1 Å². The third-order valence-electron chi connectivity index (χ3n) is 4.46. The quantitative estimate of drug-likeness (QED) is 0.547. The molecule has 0 spiro atoms. The number of carbonyl (C=O) groups is 1. The lowest BCUT2D eigenvalue weighted by Gasteiger charge is -2.29. The van der Waals surface area contributed by atoms with Crippen molar-refractivity contribution in [2.24, 2.45) is 5.73 Å². The molecule has 0 saturated heterocycles. The predicted octanol–water partition coefficient (Wildman–Crippen LogP) is 2.30. The first-order chi connectivity index (χ1) is 13.4. The summed E-state index contributed by atoms with van der Waals surface area (Å²) in [4.78, 5) is 23.0. The van der Waals surface area contributed by atoms with Crippen LogP contribution in [0.4, 0.5) is 10.7 Å². The van der Waals surface area contributed by atoms with Gasteiger partial charge in [-0.3, -0.25) is 0 Å². The molecule has 2 amide bonds. The van der Waals surface area contributed by atoms with E-state index in [2.05, 4.69) is 20.6 Å². The maximum absolute atomic E-state index is 12.7. The first-order valence-corrected chi connectivity index (χ1v) is 9.61. The molecular weight excluding hydrogens is 403 g/mol. The summed E-state index contributed by atoms with van der Waals surface area (Å²) >= 11 is 12.1. The van der Waals surface area contributed by atoms with Gasteiger partial charge in [0.15, 0.2) is 0 Å². The highest BCUT2D eigenvalue weighted by atomic mass is 35.5. The Morgan fingerprint density at radius 2 is 2.21 bits per heavy atom. The molecule has 0 saturated carbocycles. The minimum absolute atomic E-state index is 0.0277. The molecule has 0 fully saturated rings. The van der Waals surface area contributed by atoms with E-state index in [0.717, 1.165) is 11.3 Å². The third kappa shape index (κ3) is 4.82. The first-order valence-electron chi connectivity index (χ1n) is 8.85. The van der Waals surface area contributed by atoms with Crippen LogP contribution in [0.5, 0.6) is 0 Å².